The summed E-state index contributed by atoms with van der Waals surface area (Å²) >= 11 is 0. The molecule has 0 saturated carbocycles. The Hall–Kier alpha value is -2.56. The van der Waals surface area contributed by atoms with Crippen molar-refractivity contribution >= 4 is 28.8 Å². The Labute approximate surface area is 136 Å². The summed E-state index contributed by atoms with van der Waals surface area (Å²) in [5.74, 6) is 0.544. The summed E-state index contributed by atoms with van der Waals surface area (Å²) in [6.07, 6.45) is 4.74. The third kappa shape index (κ3) is 4.00. The zero-order chi connectivity index (χ0) is 16.1. The standard InChI is InChI=1S/C18H22N4O/c1-2-18(23)21-17-10-7-15(13-19-17)20-14-5-8-16(9-6-14)22-11-3-4-12-22/h5-10,13,20H,2-4,11-12H2,1H3,(H,19,21,23). The van der Waals surface area contributed by atoms with Crippen LogP contribution < -0.4 is 15.5 Å². The predicted molar refractivity (Wildman–Crippen MR) is 94.3 cm³/mol. The van der Waals surface area contributed by atoms with Gasteiger partial charge in [-0.15, -0.1) is 0 Å². The van der Waals surface area contributed by atoms with Crippen molar-refractivity contribution in [1.82, 2.24) is 4.98 Å². The second-order valence-electron chi connectivity index (χ2n) is 5.70. The van der Waals surface area contributed by atoms with Crippen molar-refractivity contribution in [1.29, 1.82) is 0 Å². The smallest absolute Gasteiger partial charge is 0.225 e. The third-order valence-corrected chi connectivity index (χ3v) is 3.98. The van der Waals surface area contributed by atoms with Crippen LogP contribution in [0.25, 0.3) is 0 Å². The Bertz CT molecular complexity index is 646. The quantitative estimate of drug-likeness (QED) is 0.882. The zero-order valence-corrected chi connectivity index (χ0v) is 13.4. The lowest BCUT2D eigenvalue weighted by Gasteiger charge is -2.18. The summed E-state index contributed by atoms with van der Waals surface area (Å²) in [5.41, 5.74) is 3.21. The molecule has 0 atom stereocenters. The van der Waals surface area contributed by atoms with E-state index in [-0.39, 0.29) is 5.91 Å². The molecule has 1 saturated heterocycles. The Balaban J connectivity index is 1.61. The molecule has 1 aromatic carbocycles. The van der Waals surface area contributed by atoms with Gasteiger partial charge in [0.2, 0.25) is 5.91 Å². The highest BCUT2D eigenvalue weighted by Gasteiger charge is 2.11. The summed E-state index contributed by atoms with van der Waals surface area (Å²) < 4.78 is 0. The molecule has 1 aromatic heterocycles. The van der Waals surface area contributed by atoms with Crippen molar-refractivity contribution in [2.75, 3.05) is 28.6 Å². The molecule has 0 radical (unpaired) electrons. The number of carbonyl (C=O) groups is 1. The van der Waals surface area contributed by atoms with E-state index in [0.29, 0.717) is 12.2 Å². The van der Waals surface area contributed by atoms with E-state index in [1.165, 1.54) is 18.5 Å². The molecule has 1 aliphatic rings. The summed E-state index contributed by atoms with van der Waals surface area (Å²) in [5, 5.41) is 6.06. The monoisotopic (exact) mass is 310 g/mol. The summed E-state index contributed by atoms with van der Waals surface area (Å²) in [6.45, 7) is 4.13. The van der Waals surface area contributed by atoms with Crippen LogP contribution in [-0.2, 0) is 4.79 Å². The van der Waals surface area contributed by atoms with Gasteiger partial charge in [0, 0.05) is 30.9 Å². The number of hydrogen-bond donors (Lipinski definition) is 2. The van der Waals surface area contributed by atoms with E-state index < -0.39 is 0 Å². The first-order chi connectivity index (χ1) is 11.2. The number of carbonyl (C=O) groups excluding carboxylic acids is 1. The highest BCUT2D eigenvalue weighted by molar-refractivity contribution is 5.89. The van der Waals surface area contributed by atoms with Crippen molar-refractivity contribution in [2.45, 2.75) is 26.2 Å². The molecule has 23 heavy (non-hydrogen) atoms. The normalized spacial score (nSPS) is 13.9. The van der Waals surface area contributed by atoms with Gasteiger partial charge in [0.25, 0.3) is 0 Å². The van der Waals surface area contributed by atoms with E-state index >= 15 is 0 Å². The molecule has 1 aliphatic heterocycles. The molecule has 0 unspecified atom stereocenters. The van der Waals surface area contributed by atoms with E-state index in [4.69, 9.17) is 0 Å². The number of anilines is 4. The van der Waals surface area contributed by atoms with Gasteiger partial charge in [-0.2, -0.15) is 0 Å². The maximum absolute atomic E-state index is 11.3. The molecule has 0 spiro atoms. The van der Waals surface area contributed by atoms with Crippen molar-refractivity contribution in [3.05, 3.63) is 42.6 Å². The van der Waals surface area contributed by atoms with Crippen LogP contribution in [0.3, 0.4) is 0 Å². The molecular weight excluding hydrogens is 288 g/mol. The lowest BCUT2D eigenvalue weighted by molar-refractivity contribution is -0.115. The van der Waals surface area contributed by atoms with Crippen molar-refractivity contribution < 1.29 is 4.79 Å². The molecule has 3 rings (SSSR count). The number of rotatable bonds is 5. The van der Waals surface area contributed by atoms with Gasteiger partial charge in [-0.1, -0.05) is 6.92 Å². The Morgan fingerprint density at radius 3 is 2.39 bits per heavy atom. The topological polar surface area (TPSA) is 57.3 Å². The minimum atomic E-state index is -0.0317. The van der Waals surface area contributed by atoms with Gasteiger partial charge < -0.3 is 15.5 Å². The number of nitrogens with zero attached hydrogens (tertiary/aromatic N) is 2. The van der Waals surface area contributed by atoms with E-state index in [9.17, 15) is 4.79 Å². The SMILES string of the molecule is CCC(=O)Nc1ccc(Nc2ccc(N3CCCC3)cc2)cn1. The molecule has 2 heterocycles. The largest absolute Gasteiger partial charge is 0.372 e. The summed E-state index contributed by atoms with van der Waals surface area (Å²) in [6, 6.07) is 12.2. The van der Waals surface area contributed by atoms with E-state index in [0.717, 1.165) is 24.5 Å². The van der Waals surface area contributed by atoms with Crippen molar-refractivity contribution in [2.24, 2.45) is 0 Å². The van der Waals surface area contributed by atoms with Crippen LogP contribution in [0.1, 0.15) is 26.2 Å². The fraction of sp³-hybridized carbons (Fsp3) is 0.333. The maximum Gasteiger partial charge on any atom is 0.225 e. The maximum atomic E-state index is 11.3. The zero-order valence-electron chi connectivity index (χ0n) is 13.4. The van der Waals surface area contributed by atoms with Gasteiger partial charge in [-0.05, 0) is 49.2 Å². The van der Waals surface area contributed by atoms with E-state index in [2.05, 4.69) is 44.8 Å². The molecule has 2 N–H and O–H groups in total. The average molecular weight is 310 g/mol. The molecule has 1 amide bonds. The summed E-state index contributed by atoms with van der Waals surface area (Å²) in [7, 11) is 0. The summed E-state index contributed by atoms with van der Waals surface area (Å²) in [4.78, 5) is 18.0. The van der Waals surface area contributed by atoms with Crippen molar-refractivity contribution in [3.8, 4) is 0 Å². The van der Waals surface area contributed by atoms with Gasteiger partial charge in [0.15, 0.2) is 0 Å². The number of aromatic nitrogens is 1. The second kappa shape index (κ2) is 7.13. The number of pyridine rings is 1. The molecule has 2 aromatic rings. The van der Waals surface area contributed by atoms with Crippen molar-refractivity contribution in [3.63, 3.8) is 0 Å². The lowest BCUT2D eigenvalue weighted by atomic mass is 10.2. The Kier molecular flexibility index (Phi) is 4.76. The first-order valence-corrected chi connectivity index (χ1v) is 8.12. The Morgan fingerprint density at radius 2 is 1.78 bits per heavy atom. The van der Waals surface area contributed by atoms with Crippen LogP contribution in [0.15, 0.2) is 42.6 Å². The van der Waals surface area contributed by atoms with Gasteiger partial charge >= 0.3 is 0 Å². The number of nitrogens with one attached hydrogen (secondary N) is 2. The third-order valence-electron chi connectivity index (χ3n) is 3.98. The average Bonchev–Trinajstić information content (AvgIpc) is 3.12. The molecular formula is C18H22N4O. The van der Waals surface area contributed by atoms with Crippen LogP contribution >= 0.6 is 0 Å². The number of benzene rings is 1. The van der Waals surface area contributed by atoms with E-state index in [1.54, 1.807) is 12.3 Å². The molecule has 0 bridgehead atoms. The number of hydrogen-bond acceptors (Lipinski definition) is 4. The Morgan fingerprint density at radius 1 is 1.09 bits per heavy atom. The first-order valence-electron chi connectivity index (χ1n) is 8.12. The molecule has 5 heteroatoms. The van der Waals surface area contributed by atoms with Gasteiger partial charge in [0.1, 0.15) is 5.82 Å². The van der Waals surface area contributed by atoms with Gasteiger partial charge in [0.05, 0.1) is 11.9 Å². The van der Waals surface area contributed by atoms with Crippen LogP contribution in [0.5, 0.6) is 0 Å². The highest BCUT2D eigenvalue weighted by atomic mass is 16.1. The molecule has 120 valence electrons. The molecule has 1 fully saturated rings. The van der Waals surface area contributed by atoms with Crippen LogP contribution in [-0.4, -0.2) is 24.0 Å². The van der Waals surface area contributed by atoms with Crippen LogP contribution in [0.4, 0.5) is 22.9 Å². The minimum absolute atomic E-state index is 0.0317. The lowest BCUT2D eigenvalue weighted by Crippen LogP contribution is -2.17. The second-order valence-corrected chi connectivity index (χ2v) is 5.70. The highest BCUT2D eigenvalue weighted by Crippen LogP contribution is 2.24. The van der Waals surface area contributed by atoms with Gasteiger partial charge in [-0.25, -0.2) is 4.98 Å². The van der Waals surface area contributed by atoms with Crippen LogP contribution in [0.2, 0.25) is 0 Å². The van der Waals surface area contributed by atoms with E-state index in [1.807, 2.05) is 13.0 Å². The number of amides is 1. The minimum Gasteiger partial charge on any atom is -0.372 e. The molecule has 0 aliphatic carbocycles. The van der Waals surface area contributed by atoms with Gasteiger partial charge in [-0.3, -0.25) is 4.79 Å². The van der Waals surface area contributed by atoms with Crippen LogP contribution in [0, 0.1) is 0 Å². The predicted octanol–water partition coefficient (Wildman–Crippen LogP) is 3.77. The fourth-order valence-corrected chi connectivity index (χ4v) is 2.67. The fourth-order valence-electron chi connectivity index (χ4n) is 2.67. The first kappa shape index (κ1) is 15.3. The molecule has 5 nitrogen and oxygen atoms in total.